The van der Waals surface area contributed by atoms with E-state index in [0.717, 1.165) is 25.9 Å². The minimum atomic E-state index is 0.0556. The fraction of sp³-hybridized carbons (Fsp3) is 1.00. The van der Waals surface area contributed by atoms with Crippen LogP contribution in [0.3, 0.4) is 0 Å². The lowest BCUT2D eigenvalue weighted by Crippen LogP contribution is -2.44. The Kier molecular flexibility index (Phi) is 1.78. The average Bonchev–Trinajstić information content (AvgIpc) is 2.16. The Morgan fingerprint density at radius 2 is 1.67 bits per heavy atom. The van der Waals surface area contributed by atoms with Gasteiger partial charge < -0.3 is 9.85 Å². The molecule has 0 radical (unpaired) electrons. The zero-order valence-electron chi connectivity index (χ0n) is 6.26. The van der Waals surface area contributed by atoms with Gasteiger partial charge in [-0.15, -0.1) is 0 Å². The van der Waals surface area contributed by atoms with Gasteiger partial charge in [0.25, 0.3) is 0 Å². The van der Waals surface area contributed by atoms with Crippen molar-refractivity contribution in [1.29, 1.82) is 0 Å². The van der Waals surface area contributed by atoms with Crippen molar-refractivity contribution in [2.75, 3.05) is 13.1 Å². The third kappa shape index (κ3) is 1.25. The predicted octanol–water partition coefficient (Wildman–Crippen LogP) is 1.50. The fourth-order valence-corrected chi connectivity index (χ4v) is 1.39. The number of rotatable bonds is 1. The molecule has 9 heavy (non-hydrogen) atoms. The van der Waals surface area contributed by atoms with Crippen LogP contribution < -0.4 is 0 Å². The van der Waals surface area contributed by atoms with Gasteiger partial charge in [-0.2, -0.15) is 0 Å². The standard InChI is InChI=1S/C7H15NO/c1-7(2)8(9)5-3-4-6-8/h7H,3-6H2,1-2H3. The highest BCUT2D eigenvalue weighted by molar-refractivity contribution is 4.57. The highest BCUT2D eigenvalue weighted by Gasteiger charge is 2.25. The van der Waals surface area contributed by atoms with Crippen LogP contribution in [-0.4, -0.2) is 23.8 Å². The number of hydrogen-bond donors (Lipinski definition) is 0. The Bertz CT molecular complexity index is 95.1. The van der Waals surface area contributed by atoms with Crippen molar-refractivity contribution in [3.8, 4) is 0 Å². The summed E-state index contributed by atoms with van der Waals surface area (Å²) in [6, 6.07) is 0.271. The highest BCUT2D eigenvalue weighted by atomic mass is 16.5. The Labute approximate surface area is 56.6 Å². The second-order valence-electron chi connectivity index (χ2n) is 3.20. The summed E-state index contributed by atoms with van der Waals surface area (Å²) in [5.41, 5.74) is 0. The van der Waals surface area contributed by atoms with Gasteiger partial charge >= 0.3 is 0 Å². The third-order valence-electron chi connectivity index (χ3n) is 2.26. The molecular formula is C7H15NO. The van der Waals surface area contributed by atoms with Gasteiger partial charge in [0, 0.05) is 12.8 Å². The van der Waals surface area contributed by atoms with E-state index in [1.54, 1.807) is 0 Å². The lowest BCUT2D eigenvalue weighted by Gasteiger charge is -2.42. The van der Waals surface area contributed by atoms with E-state index in [2.05, 4.69) is 0 Å². The molecule has 0 aliphatic carbocycles. The normalized spacial score (nSPS) is 25.3. The molecule has 0 aromatic carbocycles. The van der Waals surface area contributed by atoms with Gasteiger partial charge in [-0.05, 0) is 13.8 Å². The van der Waals surface area contributed by atoms with E-state index in [0.29, 0.717) is 0 Å². The van der Waals surface area contributed by atoms with Crippen LogP contribution >= 0.6 is 0 Å². The van der Waals surface area contributed by atoms with Crippen LogP contribution in [0.25, 0.3) is 0 Å². The molecule has 0 aromatic heterocycles. The molecule has 0 N–H and O–H groups in total. The van der Waals surface area contributed by atoms with E-state index >= 15 is 0 Å². The number of quaternary nitrogens is 1. The molecular weight excluding hydrogens is 114 g/mol. The maximum absolute atomic E-state index is 11.5. The van der Waals surface area contributed by atoms with Gasteiger partial charge in [-0.1, -0.05) is 0 Å². The third-order valence-corrected chi connectivity index (χ3v) is 2.26. The van der Waals surface area contributed by atoms with Crippen molar-refractivity contribution >= 4 is 0 Å². The predicted molar refractivity (Wildman–Crippen MR) is 37.7 cm³/mol. The highest BCUT2D eigenvalue weighted by Crippen LogP contribution is 2.20. The number of likely N-dealkylation sites (tertiary alicyclic amines) is 1. The molecule has 0 spiro atoms. The largest absolute Gasteiger partial charge is 0.633 e. The molecule has 54 valence electrons. The van der Waals surface area contributed by atoms with Crippen molar-refractivity contribution in [2.45, 2.75) is 32.7 Å². The second-order valence-corrected chi connectivity index (χ2v) is 3.20. The van der Waals surface area contributed by atoms with Crippen LogP contribution in [0.15, 0.2) is 0 Å². The minimum Gasteiger partial charge on any atom is -0.633 e. The molecule has 2 heteroatoms. The van der Waals surface area contributed by atoms with Gasteiger partial charge in [-0.3, -0.25) is 0 Å². The topological polar surface area (TPSA) is 23.1 Å². The zero-order valence-corrected chi connectivity index (χ0v) is 6.26. The van der Waals surface area contributed by atoms with Crippen LogP contribution in [0, 0.1) is 5.21 Å². The molecule has 1 aliphatic heterocycles. The van der Waals surface area contributed by atoms with E-state index in [1.165, 1.54) is 0 Å². The zero-order chi connectivity index (χ0) is 6.91. The molecule has 0 aromatic rings. The first-order valence-corrected chi connectivity index (χ1v) is 3.73. The van der Waals surface area contributed by atoms with Crippen LogP contribution in [0.5, 0.6) is 0 Å². The van der Waals surface area contributed by atoms with Gasteiger partial charge in [-0.25, -0.2) is 0 Å². The quantitative estimate of drug-likeness (QED) is 0.388. The molecule has 1 aliphatic rings. The average molecular weight is 129 g/mol. The molecule has 1 fully saturated rings. The maximum atomic E-state index is 11.5. The van der Waals surface area contributed by atoms with Crippen LogP contribution in [0.2, 0.25) is 0 Å². The van der Waals surface area contributed by atoms with Gasteiger partial charge in [0.1, 0.15) is 0 Å². The molecule has 1 saturated heterocycles. The summed E-state index contributed by atoms with van der Waals surface area (Å²) in [6.07, 6.45) is 2.25. The molecule has 2 nitrogen and oxygen atoms in total. The van der Waals surface area contributed by atoms with E-state index in [-0.39, 0.29) is 10.7 Å². The van der Waals surface area contributed by atoms with E-state index in [9.17, 15) is 5.21 Å². The van der Waals surface area contributed by atoms with E-state index in [1.807, 2.05) is 13.8 Å². The molecule has 1 heterocycles. The van der Waals surface area contributed by atoms with Crippen LogP contribution in [-0.2, 0) is 0 Å². The lowest BCUT2D eigenvalue weighted by atomic mass is 10.3. The van der Waals surface area contributed by atoms with Gasteiger partial charge in [0.05, 0.1) is 19.1 Å². The second kappa shape index (κ2) is 2.27. The first kappa shape index (κ1) is 7.03. The van der Waals surface area contributed by atoms with Crippen LogP contribution in [0.1, 0.15) is 26.7 Å². The van der Waals surface area contributed by atoms with Crippen molar-refractivity contribution in [1.82, 2.24) is 0 Å². The molecule has 0 bridgehead atoms. The Hall–Kier alpha value is -0.0800. The summed E-state index contributed by atoms with van der Waals surface area (Å²) in [5, 5.41) is 11.5. The summed E-state index contributed by atoms with van der Waals surface area (Å²) in [6.45, 7) is 5.71. The fourth-order valence-electron chi connectivity index (χ4n) is 1.39. The van der Waals surface area contributed by atoms with Crippen molar-refractivity contribution in [2.24, 2.45) is 0 Å². The van der Waals surface area contributed by atoms with Crippen molar-refractivity contribution in [3.63, 3.8) is 0 Å². The number of nitrogens with zero attached hydrogens (tertiary/aromatic N) is 1. The molecule has 1 rings (SSSR count). The lowest BCUT2D eigenvalue weighted by molar-refractivity contribution is -0.889. The molecule has 0 atom stereocenters. The van der Waals surface area contributed by atoms with Gasteiger partial charge in [0.15, 0.2) is 0 Å². The first-order chi connectivity index (χ1) is 4.15. The monoisotopic (exact) mass is 129 g/mol. The van der Waals surface area contributed by atoms with Gasteiger partial charge in [0.2, 0.25) is 0 Å². The molecule has 0 saturated carbocycles. The maximum Gasteiger partial charge on any atom is 0.0830 e. The SMILES string of the molecule is CC(C)[N+]1([O-])CCCC1. The summed E-state index contributed by atoms with van der Waals surface area (Å²) in [5.74, 6) is 0. The smallest absolute Gasteiger partial charge is 0.0830 e. The van der Waals surface area contributed by atoms with E-state index < -0.39 is 0 Å². The van der Waals surface area contributed by atoms with Crippen molar-refractivity contribution in [3.05, 3.63) is 5.21 Å². The number of hydrogen-bond acceptors (Lipinski definition) is 1. The summed E-state index contributed by atoms with van der Waals surface area (Å²) < 4.78 is 0.0556. The van der Waals surface area contributed by atoms with Crippen LogP contribution in [0.4, 0.5) is 0 Å². The Balaban J connectivity index is 2.51. The van der Waals surface area contributed by atoms with E-state index in [4.69, 9.17) is 0 Å². The first-order valence-electron chi connectivity index (χ1n) is 3.73. The molecule has 0 unspecified atom stereocenters. The summed E-state index contributed by atoms with van der Waals surface area (Å²) >= 11 is 0. The van der Waals surface area contributed by atoms with Crippen molar-refractivity contribution < 1.29 is 4.65 Å². The number of hydroxylamine groups is 3. The Morgan fingerprint density at radius 3 is 1.89 bits per heavy atom. The minimum absolute atomic E-state index is 0.0556. The summed E-state index contributed by atoms with van der Waals surface area (Å²) in [7, 11) is 0. The molecule has 0 amide bonds. The summed E-state index contributed by atoms with van der Waals surface area (Å²) in [4.78, 5) is 0. The Morgan fingerprint density at radius 1 is 1.22 bits per heavy atom.